The summed E-state index contributed by atoms with van der Waals surface area (Å²) in [6.07, 6.45) is -47.9. The molecule has 4 aliphatic heterocycles. The third-order valence-corrected chi connectivity index (χ3v) is 12.1. The van der Waals surface area contributed by atoms with Gasteiger partial charge in [0.25, 0.3) is 5.79 Å². The van der Waals surface area contributed by atoms with Crippen molar-refractivity contribution in [2.24, 2.45) is 5.92 Å². The Hall–Kier alpha value is -2.93. The summed E-state index contributed by atoms with van der Waals surface area (Å²) in [6, 6.07) is 4.91. The first-order valence-electron chi connectivity index (χ1n) is 21.1. The summed E-state index contributed by atoms with van der Waals surface area (Å²) in [5, 5.41) is 163. The number of methoxy groups -OCH3 is 1. The number of benzene rings is 1. The molecule has 4 aliphatic rings. The minimum Gasteiger partial charge on any atom is -0.465 e. The van der Waals surface area contributed by atoms with Crippen molar-refractivity contribution in [3.63, 3.8) is 0 Å². The highest BCUT2D eigenvalue weighted by molar-refractivity contribution is 5.94. The van der Waals surface area contributed by atoms with Gasteiger partial charge in [-0.25, -0.2) is 4.79 Å². The number of alkyl halides is 3. The number of rotatable bonds is 18. The zero-order chi connectivity index (χ0) is 50.6. The number of amides is 1. The molecule has 68 heavy (non-hydrogen) atoms. The van der Waals surface area contributed by atoms with Crippen molar-refractivity contribution in [3.05, 3.63) is 29.8 Å². The van der Waals surface area contributed by atoms with Crippen LogP contribution in [0.3, 0.4) is 0 Å². The predicted octanol–water partition coefficient (Wildman–Crippen LogP) is -8.05. The molecule has 0 saturated carbocycles. The lowest BCUT2D eigenvalue weighted by Gasteiger charge is -2.54. The van der Waals surface area contributed by atoms with Crippen LogP contribution in [-0.4, -0.2) is 263 Å². The highest BCUT2D eigenvalue weighted by atomic mass is 19.4. The summed E-state index contributed by atoms with van der Waals surface area (Å²) < 4.78 is 83.7. The summed E-state index contributed by atoms with van der Waals surface area (Å²) >= 11 is 0. The van der Waals surface area contributed by atoms with Crippen molar-refractivity contribution in [2.45, 2.75) is 147 Å². The van der Waals surface area contributed by atoms with E-state index in [4.69, 9.17) is 37.9 Å². The van der Waals surface area contributed by atoms with Crippen LogP contribution < -0.4 is 5.32 Å². The van der Waals surface area contributed by atoms with E-state index in [9.17, 15) is 99.4 Å². The van der Waals surface area contributed by atoms with Gasteiger partial charge in [0.2, 0.25) is 0 Å². The van der Waals surface area contributed by atoms with Crippen LogP contribution in [0.5, 0.6) is 0 Å². The first-order valence-corrected chi connectivity index (χ1v) is 21.1. The molecule has 0 radical (unpaired) electrons. The first-order chi connectivity index (χ1) is 32.0. The van der Waals surface area contributed by atoms with E-state index in [-0.39, 0.29) is 12.1 Å². The Balaban J connectivity index is 1.50. The van der Waals surface area contributed by atoms with Gasteiger partial charge >= 0.3 is 18.1 Å². The predicted molar refractivity (Wildman–Crippen MR) is 209 cm³/mol. The molecule has 5 rings (SSSR count). The standard InChI is InChI=1S/C39H58F3NO25/c1-61-37(60)38(62-7-6-13-2-4-14(5-3-13)43-36(59)39(40,41)42)8-15(48)20(28(68-38)16(49)9-44)31-27(58)32(66-35-26(57)23(54)24(55)29(65-35)17(50)10-45)33(30(64-31)18(51)11-46)67-34-25(56)22(53)21(52)19(12-47)63-34/h2-5,15-35,44-58H,6-12H2,1H3,(H,43,59)/t15-,16-,17+,18+,19-,20-,21-,22+,23+,24+,25-,26+,27-,28-,29-,30-,31-,32-,33-,34+,35-,38-/m1/s1. The van der Waals surface area contributed by atoms with Crippen LogP contribution in [-0.2, 0) is 53.9 Å². The molecule has 26 nitrogen and oxygen atoms in total. The van der Waals surface area contributed by atoms with Gasteiger partial charge in [-0.05, 0) is 24.1 Å². The molecule has 0 spiro atoms. The van der Waals surface area contributed by atoms with Gasteiger partial charge in [0.15, 0.2) is 12.6 Å². The molecular weight excluding hydrogens is 939 g/mol. The van der Waals surface area contributed by atoms with E-state index in [1.54, 1.807) is 5.32 Å². The Labute approximate surface area is 383 Å². The molecule has 1 aromatic rings. The van der Waals surface area contributed by atoms with Crippen molar-refractivity contribution < 1.29 is 137 Å². The number of aliphatic hydroxyl groups is 15. The second-order valence-electron chi connectivity index (χ2n) is 16.6. The summed E-state index contributed by atoms with van der Waals surface area (Å²) in [5.41, 5.74) is 0.165. The fraction of sp³-hybridized carbons (Fsp3) is 0.795. The van der Waals surface area contributed by atoms with Crippen LogP contribution >= 0.6 is 0 Å². The van der Waals surface area contributed by atoms with Crippen LogP contribution in [0.1, 0.15) is 12.0 Å². The maximum atomic E-state index is 13.5. The summed E-state index contributed by atoms with van der Waals surface area (Å²) in [6.45, 7) is -4.90. The lowest BCUT2D eigenvalue weighted by Crippen LogP contribution is -2.72. The number of carbonyl (C=O) groups excluding carboxylic acids is 2. The van der Waals surface area contributed by atoms with E-state index in [1.165, 1.54) is 12.1 Å². The van der Waals surface area contributed by atoms with Gasteiger partial charge in [-0.1, -0.05) is 12.1 Å². The summed E-state index contributed by atoms with van der Waals surface area (Å²) in [5.74, 6) is -8.04. The molecule has 1 aromatic carbocycles. The Bertz CT molecular complexity index is 1770. The van der Waals surface area contributed by atoms with Crippen molar-refractivity contribution in [1.29, 1.82) is 0 Å². The van der Waals surface area contributed by atoms with Gasteiger partial charge in [-0.3, -0.25) is 4.79 Å². The normalized spacial score (nSPS) is 40.5. The molecule has 4 saturated heterocycles. The molecule has 22 atom stereocenters. The van der Waals surface area contributed by atoms with Crippen molar-refractivity contribution in [3.8, 4) is 0 Å². The summed E-state index contributed by atoms with van der Waals surface area (Å²) in [4.78, 5) is 24.8. The van der Waals surface area contributed by atoms with E-state index in [0.717, 1.165) is 19.2 Å². The van der Waals surface area contributed by atoms with Gasteiger partial charge in [-0.2, -0.15) is 13.2 Å². The van der Waals surface area contributed by atoms with Gasteiger partial charge in [-0.15, -0.1) is 0 Å². The van der Waals surface area contributed by atoms with Crippen molar-refractivity contribution in [1.82, 2.24) is 0 Å². The van der Waals surface area contributed by atoms with E-state index < -0.39 is 192 Å². The third-order valence-electron chi connectivity index (χ3n) is 12.1. The fourth-order valence-electron chi connectivity index (χ4n) is 8.40. The molecule has 0 bridgehead atoms. The average Bonchev–Trinajstić information content (AvgIpc) is 3.31. The quantitative estimate of drug-likeness (QED) is 0.0607. The Kier molecular flexibility index (Phi) is 19.4. The van der Waals surface area contributed by atoms with Gasteiger partial charge in [0.05, 0.1) is 58.5 Å². The Morgan fingerprint density at radius 1 is 0.721 bits per heavy atom. The monoisotopic (exact) mass is 997 g/mol. The molecule has 0 unspecified atom stereocenters. The second kappa shape index (κ2) is 23.5. The molecule has 1 amide bonds. The van der Waals surface area contributed by atoms with Crippen molar-refractivity contribution >= 4 is 17.6 Å². The number of carbonyl (C=O) groups is 2. The zero-order valence-corrected chi connectivity index (χ0v) is 35.8. The zero-order valence-electron chi connectivity index (χ0n) is 35.8. The van der Waals surface area contributed by atoms with Gasteiger partial charge in [0, 0.05) is 18.0 Å². The minimum absolute atomic E-state index is 0.112. The number of halogens is 3. The number of hydrogen-bond acceptors (Lipinski definition) is 25. The Morgan fingerprint density at radius 3 is 1.82 bits per heavy atom. The fourth-order valence-corrected chi connectivity index (χ4v) is 8.40. The number of aliphatic hydroxyl groups excluding tert-OH is 15. The molecular formula is C39H58F3NO25. The number of esters is 1. The lowest BCUT2D eigenvalue weighted by atomic mass is 9.76. The molecule has 29 heteroatoms. The SMILES string of the molecule is COC(=O)[C@@]1(OCCc2ccc(NC(=O)C(F)(F)F)cc2)C[C@@H](O)[C@@H]([C@H]2O[C@H]([C@@H](O)CO)[C@@H](O[C@@H]3O[C@H](CO)[C@@H](O)[C@H](O)[C@H]3O)[C@H](O[C@H]3O[C@H]([C@@H](O)CO)[C@@H](O)[C@H](O)[C@@H]3O)[C@@H]2O)[C@@H]([C@H](O)CO)O1. The van der Waals surface area contributed by atoms with Crippen LogP contribution in [0.2, 0.25) is 0 Å². The topological polar surface area (TPSA) is 423 Å². The number of ether oxygens (including phenoxy) is 8. The summed E-state index contributed by atoms with van der Waals surface area (Å²) in [7, 11) is 0.898. The molecule has 0 aliphatic carbocycles. The van der Waals surface area contributed by atoms with Gasteiger partial charge in [0.1, 0.15) is 91.6 Å². The number of anilines is 1. The van der Waals surface area contributed by atoms with Crippen LogP contribution in [0.15, 0.2) is 24.3 Å². The molecule has 16 N–H and O–H groups in total. The average molecular weight is 998 g/mol. The number of nitrogens with one attached hydrogen (secondary N) is 1. The highest BCUT2D eigenvalue weighted by Crippen LogP contribution is 2.44. The first kappa shape index (κ1) is 56.0. The van der Waals surface area contributed by atoms with Gasteiger partial charge < -0.3 is 120 Å². The van der Waals surface area contributed by atoms with E-state index in [2.05, 4.69) is 0 Å². The molecule has 4 heterocycles. The molecule has 0 aromatic heterocycles. The number of hydrogen-bond donors (Lipinski definition) is 16. The Morgan fingerprint density at radius 2 is 1.26 bits per heavy atom. The van der Waals surface area contributed by atoms with E-state index >= 15 is 0 Å². The smallest absolute Gasteiger partial charge is 0.465 e. The van der Waals surface area contributed by atoms with Crippen LogP contribution in [0.4, 0.5) is 18.9 Å². The maximum absolute atomic E-state index is 13.5. The van der Waals surface area contributed by atoms with Crippen LogP contribution in [0.25, 0.3) is 0 Å². The maximum Gasteiger partial charge on any atom is 0.471 e. The van der Waals surface area contributed by atoms with Crippen LogP contribution in [0, 0.1) is 5.92 Å². The minimum atomic E-state index is -5.16. The molecule has 4 fully saturated rings. The van der Waals surface area contributed by atoms with E-state index in [1.807, 2.05) is 0 Å². The van der Waals surface area contributed by atoms with Crippen molar-refractivity contribution in [2.75, 3.05) is 45.5 Å². The third kappa shape index (κ3) is 12.0. The highest BCUT2D eigenvalue weighted by Gasteiger charge is 2.63. The largest absolute Gasteiger partial charge is 0.471 e. The second-order valence-corrected chi connectivity index (χ2v) is 16.6. The molecule has 390 valence electrons. The van der Waals surface area contributed by atoms with E-state index in [0.29, 0.717) is 5.56 Å². The lowest BCUT2D eigenvalue weighted by molar-refractivity contribution is -0.387.